The van der Waals surface area contributed by atoms with Crippen molar-refractivity contribution in [3.05, 3.63) is 58.5 Å². The maximum absolute atomic E-state index is 12.6. The Bertz CT molecular complexity index is 871. The van der Waals surface area contributed by atoms with Crippen LogP contribution in [0.25, 0.3) is 0 Å². The molecule has 1 aromatic carbocycles. The Kier molecular flexibility index (Phi) is 6.39. The molecule has 2 aromatic rings. The second-order valence-electron chi connectivity index (χ2n) is 5.60. The molecule has 0 aliphatic carbocycles. The van der Waals surface area contributed by atoms with Crippen molar-refractivity contribution in [2.45, 2.75) is 32.2 Å². The number of hydrogen-bond donors (Lipinski definition) is 0. The van der Waals surface area contributed by atoms with Gasteiger partial charge in [0.05, 0.1) is 11.4 Å². The van der Waals surface area contributed by atoms with Crippen molar-refractivity contribution >= 4 is 10.0 Å². The molecule has 0 saturated carbocycles. The summed E-state index contributed by atoms with van der Waals surface area (Å²) in [5.41, 5.74) is 0.750. The van der Waals surface area contributed by atoms with Crippen LogP contribution in [0.15, 0.2) is 52.3 Å². The Morgan fingerprint density at radius 1 is 1.08 bits per heavy atom. The Balaban J connectivity index is 2.17. The number of benzene rings is 1. The van der Waals surface area contributed by atoms with Crippen LogP contribution in [0.5, 0.6) is 5.75 Å². The van der Waals surface area contributed by atoms with Crippen molar-refractivity contribution in [3.63, 3.8) is 0 Å². The summed E-state index contributed by atoms with van der Waals surface area (Å²) < 4.78 is 33.6. The van der Waals surface area contributed by atoms with Gasteiger partial charge in [-0.15, -0.1) is 0 Å². The Labute approximate surface area is 148 Å². The van der Waals surface area contributed by atoms with E-state index in [1.807, 2.05) is 31.2 Å². The van der Waals surface area contributed by atoms with E-state index in [-0.39, 0.29) is 23.6 Å². The van der Waals surface area contributed by atoms with E-state index in [4.69, 9.17) is 4.74 Å². The number of ether oxygens (including phenoxy) is 1. The zero-order chi connectivity index (χ0) is 18.4. The lowest BCUT2D eigenvalue weighted by Gasteiger charge is -2.19. The third kappa shape index (κ3) is 4.49. The van der Waals surface area contributed by atoms with Gasteiger partial charge in [0.15, 0.2) is 0 Å². The molecule has 25 heavy (non-hydrogen) atoms. The number of sulfonamides is 1. The molecule has 2 rings (SSSR count). The van der Waals surface area contributed by atoms with Gasteiger partial charge in [-0.3, -0.25) is 4.79 Å². The fraction of sp³-hybridized carbons (Fsp3) is 0.389. The number of para-hydroxylation sites is 1. The molecule has 0 unspecified atom stereocenters. The lowest BCUT2D eigenvalue weighted by atomic mass is 10.2. The molecular weight excluding hydrogens is 340 g/mol. The third-order valence-electron chi connectivity index (χ3n) is 3.98. The molecular formula is C18H24N2O4S. The molecule has 0 N–H and O–H groups in total. The van der Waals surface area contributed by atoms with Crippen molar-refractivity contribution in [2.75, 3.05) is 19.7 Å². The minimum atomic E-state index is -3.59. The Morgan fingerprint density at radius 2 is 1.76 bits per heavy atom. The topological polar surface area (TPSA) is 68.6 Å². The van der Waals surface area contributed by atoms with Crippen LogP contribution in [0, 0.1) is 6.92 Å². The second-order valence-corrected chi connectivity index (χ2v) is 7.54. The third-order valence-corrected chi connectivity index (χ3v) is 6.02. The lowest BCUT2D eigenvalue weighted by Crippen LogP contribution is -2.32. The summed E-state index contributed by atoms with van der Waals surface area (Å²) in [5.74, 6) is 0.752. The van der Waals surface area contributed by atoms with Gasteiger partial charge in [-0.1, -0.05) is 32.0 Å². The molecule has 0 radical (unpaired) electrons. The summed E-state index contributed by atoms with van der Waals surface area (Å²) in [6.45, 7) is 6.83. The molecule has 0 aliphatic rings. The van der Waals surface area contributed by atoms with Crippen LogP contribution in [0.1, 0.15) is 19.4 Å². The smallest absolute Gasteiger partial charge is 0.250 e. The average Bonchev–Trinajstić information content (AvgIpc) is 2.59. The monoisotopic (exact) mass is 364 g/mol. The van der Waals surface area contributed by atoms with Crippen LogP contribution in [0.4, 0.5) is 0 Å². The summed E-state index contributed by atoms with van der Waals surface area (Å²) >= 11 is 0. The molecule has 0 saturated heterocycles. The highest BCUT2D eigenvalue weighted by Crippen LogP contribution is 2.16. The summed E-state index contributed by atoms with van der Waals surface area (Å²) in [5, 5.41) is 0. The quantitative estimate of drug-likeness (QED) is 0.721. The zero-order valence-electron chi connectivity index (χ0n) is 14.8. The molecule has 6 nitrogen and oxygen atoms in total. The van der Waals surface area contributed by atoms with Crippen LogP contribution in [0.2, 0.25) is 0 Å². The van der Waals surface area contributed by atoms with Gasteiger partial charge in [0.2, 0.25) is 10.0 Å². The van der Waals surface area contributed by atoms with Crippen LogP contribution in [0.3, 0.4) is 0 Å². The van der Waals surface area contributed by atoms with Gasteiger partial charge in [0, 0.05) is 25.4 Å². The van der Waals surface area contributed by atoms with Gasteiger partial charge < -0.3 is 9.30 Å². The van der Waals surface area contributed by atoms with E-state index >= 15 is 0 Å². The Hall–Kier alpha value is -2.12. The van der Waals surface area contributed by atoms with Crippen molar-refractivity contribution in [1.29, 1.82) is 0 Å². The highest BCUT2D eigenvalue weighted by Gasteiger charge is 2.22. The van der Waals surface area contributed by atoms with Crippen molar-refractivity contribution in [3.8, 4) is 5.75 Å². The largest absolute Gasteiger partial charge is 0.491 e. The van der Waals surface area contributed by atoms with Crippen molar-refractivity contribution in [1.82, 2.24) is 8.87 Å². The van der Waals surface area contributed by atoms with E-state index in [1.165, 1.54) is 27.2 Å². The molecule has 1 heterocycles. The van der Waals surface area contributed by atoms with Crippen molar-refractivity contribution < 1.29 is 13.2 Å². The molecule has 1 aromatic heterocycles. The van der Waals surface area contributed by atoms with Gasteiger partial charge in [0.25, 0.3) is 5.56 Å². The van der Waals surface area contributed by atoms with Gasteiger partial charge in [-0.2, -0.15) is 4.31 Å². The fourth-order valence-corrected chi connectivity index (χ4v) is 4.00. The maximum atomic E-state index is 12.6. The molecule has 0 atom stereocenters. The normalized spacial score (nSPS) is 11.7. The average molecular weight is 364 g/mol. The minimum absolute atomic E-state index is 0.117. The standard InChI is InChI=1S/C18H24N2O4S/c1-4-20(5-2)25(22,23)16-10-11-18(21)19(14-16)12-13-24-17-9-7-6-8-15(17)3/h6-11,14H,4-5,12-13H2,1-3H3. The predicted octanol–water partition coefficient (Wildman–Crippen LogP) is 2.27. The van der Waals surface area contributed by atoms with E-state index in [9.17, 15) is 13.2 Å². The van der Waals surface area contributed by atoms with Gasteiger partial charge in [-0.25, -0.2) is 8.42 Å². The van der Waals surface area contributed by atoms with Gasteiger partial charge in [-0.05, 0) is 24.6 Å². The molecule has 136 valence electrons. The number of nitrogens with zero attached hydrogens (tertiary/aromatic N) is 2. The molecule has 7 heteroatoms. The van der Waals surface area contributed by atoms with E-state index in [2.05, 4.69) is 0 Å². The van der Waals surface area contributed by atoms with E-state index in [0.717, 1.165) is 11.3 Å². The molecule has 0 amide bonds. The van der Waals surface area contributed by atoms with Gasteiger partial charge in [0.1, 0.15) is 12.4 Å². The predicted molar refractivity (Wildman–Crippen MR) is 97.5 cm³/mol. The second kappa shape index (κ2) is 8.31. The number of hydrogen-bond acceptors (Lipinski definition) is 4. The van der Waals surface area contributed by atoms with Crippen LogP contribution in [-0.2, 0) is 16.6 Å². The SMILES string of the molecule is CCN(CC)S(=O)(=O)c1ccc(=O)n(CCOc2ccccc2C)c1. The summed E-state index contributed by atoms with van der Waals surface area (Å²) in [6, 6.07) is 10.2. The lowest BCUT2D eigenvalue weighted by molar-refractivity contribution is 0.294. The summed E-state index contributed by atoms with van der Waals surface area (Å²) in [6.07, 6.45) is 1.39. The van der Waals surface area contributed by atoms with E-state index in [1.54, 1.807) is 13.8 Å². The van der Waals surface area contributed by atoms with Crippen LogP contribution in [-0.4, -0.2) is 37.0 Å². The number of rotatable bonds is 8. The Morgan fingerprint density at radius 3 is 2.40 bits per heavy atom. The van der Waals surface area contributed by atoms with E-state index < -0.39 is 10.0 Å². The van der Waals surface area contributed by atoms with Crippen molar-refractivity contribution in [2.24, 2.45) is 0 Å². The first-order valence-corrected chi connectivity index (χ1v) is 9.73. The number of aryl methyl sites for hydroxylation is 1. The molecule has 0 fully saturated rings. The first-order chi connectivity index (χ1) is 11.9. The van der Waals surface area contributed by atoms with Crippen LogP contribution >= 0.6 is 0 Å². The first kappa shape index (κ1) is 19.2. The maximum Gasteiger partial charge on any atom is 0.250 e. The number of pyridine rings is 1. The first-order valence-electron chi connectivity index (χ1n) is 8.29. The molecule has 0 aliphatic heterocycles. The van der Waals surface area contributed by atoms with Gasteiger partial charge >= 0.3 is 0 Å². The van der Waals surface area contributed by atoms with Crippen LogP contribution < -0.4 is 10.3 Å². The van der Waals surface area contributed by atoms with E-state index in [0.29, 0.717) is 13.1 Å². The molecule has 0 spiro atoms. The zero-order valence-corrected chi connectivity index (χ0v) is 15.6. The highest BCUT2D eigenvalue weighted by molar-refractivity contribution is 7.89. The fourth-order valence-electron chi connectivity index (χ4n) is 2.52. The summed E-state index contributed by atoms with van der Waals surface area (Å²) in [4.78, 5) is 12.1. The minimum Gasteiger partial charge on any atom is -0.491 e. The number of aromatic nitrogens is 1. The molecule has 0 bridgehead atoms. The summed E-state index contributed by atoms with van der Waals surface area (Å²) in [7, 11) is -3.59. The highest BCUT2D eigenvalue weighted by atomic mass is 32.2.